The van der Waals surface area contributed by atoms with Crippen molar-refractivity contribution in [3.63, 3.8) is 0 Å². The summed E-state index contributed by atoms with van der Waals surface area (Å²) in [4.78, 5) is 5.46. The lowest BCUT2D eigenvalue weighted by molar-refractivity contribution is 1.15. The number of nitrogens with two attached hydrogens (primary N) is 1. The van der Waals surface area contributed by atoms with Crippen LogP contribution in [0.2, 0.25) is 0 Å². The maximum Gasteiger partial charge on any atom is 0.0570 e. The summed E-state index contributed by atoms with van der Waals surface area (Å²) < 4.78 is 2.44. The quantitative estimate of drug-likeness (QED) is 0.123. The topological polar surface area (TPSA) is 50.0 Å². The Hall–Kier alpha value is -7.30. The number of aryl methyl sites for hydroxylation is 1. The molecule has 2 heterocycles. The van der Waals surface area contributed by atoms with Gasteiger partial charge in [-0.05, 0) is 150 Å². The van der Waals surface area contributed by atoms with Crippen LogP contribution in [0.5, 0.6) is 0 Å². The normalized spacial score (nSPS) is 12.3. The molecule has 0 bridgehead atoms. The smallest absolute Gasteiger partial charge is 0.0570 e. The second kappa shape index (κ2) is 16.6. The number of nitrogens with zero attached hydrogens (tertiary/aromatic N) is 2. The van der Waals surface area contributed by atoms with Crippen molar-refractivity contribution in [1.82, 2.24) is 9.55 Å². The third-order valence-electron chi connectivity index (χ3n) is 10.6. The summed E-state index contributed by atoms with van der Waals surface area (Å²) in [6.45, 7) is 8.36. The number of rotatable bonds is 12. The van der Waals surface area contributed by atoms with E-state index in [1.165, 1.54) is 49.6 Å². The van der Waals surface area contributed by atoms with Crippen LogP contribution in [0.1, 0.15) is 18.9 Å². The molecule has 57 heavy (non-hydrogen) atoms. The van der Waals surface area contributed by atoms with E-state index in [9.17, 15) is 0 Å². The molecule has 0 spiro atoms. The van der Waals surface area contributed by atoms with Gasteiger partial charge in [-0.25, -0.2) is 0 Å². The standard InChI is InChI=1S/C53H46N4/c1-4-14-45(20-12-15-39(5-2)31-33-54)56(46-25-23-41(24-26-46)43-32-34-55-37-43)47-27-29-48(30-28-47)57-51-22-13-21-49(42-18-10-7-11-19-42)52(51)50-36-44(35-38(3)53(50)57)40-16-8-6-9-17-40/h4-14,16-37,55H,1,15,54H2,2-3H3/b20-12-,33-31-,39-5-,45-14+. The van der Waals surface area contributed by atoms with Crippen LogP contribution >= 0.6 is 0 Å². The summed E-state index contributed by atoms with van der Waals surface area (Å²) in [6, 6.07) is 52.5. The number of nitrogens with one attached hydrogen (secondary N) is 1. The Labute approximate surface area is 335 Å². The second-order valence-corrected chi connectivity index (χ2v) is 14.1. The highest BCUT2D eigenvalue weighted by atomic mass is 15.1. The first-order valence-corrected chi connectivity index (χ1v) is 19.4. The molecule has 278 valence electrons. The second-order valence-electron chi connectivity index (χ2n) is 14.1. The predicted molar refractivity (Wildman–Crippen MR) is 244 cm³/mol. The van der Waals surface area contributed by atoms with E-state index in [-0.39, 0.29) is 0 Å². The molecule has 0 aliphatic carbocycles. The van der Waals surface area contributed by atoms with Crippen LogP contribution in [0.15, 0.2) is 218 Å². The van der Waals surface area contributed by atoms with Crippen molar-refractivity contribution in [2.45, 2.75) is 20.3 Å². The SMILES string of the molecule is C=C/C=C(\C=C/CC(/C=C\N)=C/C)N(c1ccc(-c2cc[nH]c2)cc1)c1ccc(-n2c3cccc(-c4ccccc4)c3c3cc(-c4ccccc4)cc(C)c32)cc1. The number of H-pyrrole nitrogens is 1. The van der Waals surface area contributed by atoms with E-state index in [0.717, 1.165) is 45.9 Å². The van der Waals surface area contributed by atoms with Crippen LogP contribution in [0.25, 0.3) is 60.9 Å². The first kappa shape index (κ1) is 36.7. The number of anilines is 2. The minimum atomic E-state index is 0.752. The number of hydrogen-bond donors (Lipinski definition) is 2. The van der Waals surface area contributed by atoms with Gasteiger partial charge in [0, 0.05) is 45.9 Å². The van der Waals surface area contributed by atoms with Crippen molar-refractivity contribution >= 4 is 33.2 Å². The van der Waals surface area contributed by atoms with Gasteiger partial charge in [0.15, 0.2) is 0 Å². The third kappa shape index (κ3) is 7.41. The first-order chi connectivity index (χ1) is 28.1. The third-order valence-corrected chi connectivity index (χ3v) is 10.6. The van der Waals surface area contributed by atoms with E-state index in [4.69, 9.17) is 5.73 Å². The summed E-state index contributed by atoms with van der Waals surface area (Å²) in [5.41, 5.74) is 21.8. The number of aromatic amines is 1. The van der Waals surface area contributed by atoms with Gasteiger partial charge in [0.25, 0.3) is 0 Å². The lowest BCUT2D eigenvalue weighted by Crippen LogP contribution is -2.15. The Bertz CT molecular complexity index is 2760. The molecule has 0 amide bonds. The van der Waals surface area contributed by atoms with Gasteiger partial charge < -0.3 is 20.2 Å². The highest BCUT2D eigenvalue weighted by Crippen LogP contribution is 2.42. The molecule has 0 aliphatic rings. The van der Waals surface area contributed by atoms with E-state index in [2.05, 4.69) is 198 Å². The number of hydrogen-bond acceptors (Lipinski definition) is 2. The van der Waals surface area contributed by atoms with Crippen molar-refractivity contribution in [3.05, 3.63) is 224 Å². The zero-order valence-corrected chi connectivity index (χ0v) is 32.4. The molecular formula is C53H46N4. The van der Waals surface area contributed by atoms with Gasteiger partial charge in [-0.2, -0.15) is 0 Å². The Morgan fingerprint density at radius 2 is 1.40 bits per heavy atom. The van der Waals surface area contributed by atoms with Crippen molar-refractivity contribution in [2.24, 2.45) is 5.73 Å². The Kier molecular flexibility index (Phi) is 10.7. The van der Waals surface area contributed by atoms with Crippen LogP contribution in [-0.4, -0.2) is 9.55 Å². The van der Waals surface area contributed by atoms with Gasteiger partial charge in [0.2, 0.25) is 0 Å². The number of aromatic nitrogens is 2. The molecule has 0 atom stereocenters. The van der Waals surface area contributed by atoms with Crippen molar-refractivity contribution in [2.75, 3.05) is 4.90 Å². The number of fused-ring (bicyclic) bond motifs is 3. The predicted octanol–water partition coefficient (Wildman–Crippen LogP) is 14.0. The summed E-state index contributed by atoms with van der Waals surface area (Å²) >= 11 is 0. The highest BCUT2D eigenvalue weighted by molar-refractivity contribution is 6.17. The van der Waals surface area contributed by atoms with E-state index >= 15 is 0 Å². The monoisotopic (exact) mass is 738 g/mol. The molecule has 0 saturated heterocycles. The lowest BCUT2D eigenvalue weighted by atomic mass is 9.96. The zero-order chi connectivity index (χ0) is 39.1. The first-order valence-electron chi connectivity index (χ1n) is 19.4. The van der Waals surface area contributed by atoms with E-state index in [1.54, 1.807) is 6.20 Å². The highest BCUT2D eigenvalue weighted by Gasteiger charge is 2.20. The molecule has 0 radical (unpaired) electrons. The Balaban J connectivity index is 1.28. The summed E-state index contributed by atoms with van der Waals surface area (Å²) in [7, 11) is 0. The maximum atomic E-state index is 5.73. The van der Waals surface area contributed by atoms with Crippen molar-refractivity contribution < 1.29 is 0 Å². The molecule has 2 aromatic heterocycles. The van der Waals surface area contributed by atoms with Crippen molar-refractivity contribution in [1.29, 1.82) is 0 Å². The van der Waals surface area contributed by atoms with Gasteiger partial charge in [0.1, 0.15) is 0 Å². The molecule has 0 unspecified atom stereocenters. The molecule has 8 rings (SSSR count). The molecule has 4 nitrogen and oxygen atoms in total. The fourth-order valence-corrected chi connectivity index (χ4v) is 7.87. The van der Waals surface area contributed by atoms with E-state index < -0.39 is 0 Å². The van der Waals surface area contributed by atoms with Crippen LogP contribution in [0.3, 0.4) is 0 Å². The lowest BCUT2D eigenvalue weighted by Gasteiger charge is -2.27. The fraction of sp³-hybridized carbons (Fsp3) is 0.0566. The van der Waals surface area contributed by atoms with Crippen LogP contribution in [0, 0.1) is 6.92 Å². The molecule has 4 heteroatoms. The largest absolute Gasteiger partial charge is 0.405 e. The van der Waals surface area contributed by atoms with Crippen molar-refractivity contribution in [3.8, 4) is 39.1 Å². The molecule has 0 fully saturated rings. The minimum absolute atomic E-state index is 0.752. The molecule has 0 aliphatic heterocycles. The number of benzene rings is 6. The van der Waals surface area contributed by atoms with E-state index in [0.29, 0.717) is 0 Å². The van der Waals surface area contributed by atoms with Crippen LogP contribution in [-0.2, 0) is 0 Å². The molecule has 0 saturated carbocycles. The van der Waals surface area contributed by atoms with Gasteiger partial charge in [-0.1, -0.05) is 110 Å². The average Bonchev–Trinajstić information content (AvgIpc) is 3.92. The van der Waals surface area contributed by atoms with E-state index in [1.807, 2.05) is 31.5 Å². The maximum absolute atomic E-state index is 5.73. The Morgan fingerprint density at radius 3 is 2.05 bits per heavy atom. The summed E-state index contributed by atoms with van der Waals surface area (Å²) in [5, 5.41) is 2.49. The summed E-state index contributed by atoms with van der Waals surface area (Å²) in [6.07, 6.45) is 18.6. The fourth-order valence-electron chi connectivity index (χ4n) is 7.87. The molecule has 3 N–H and O–H groups in total. The van der Waals surface area contributed by atoms with Crippen LogP contribution < -0.4 is 10.6 Å². The van der Waals surface area contributed by atoms with Gasteiger partial charge in [0.05, 0.1) is 11.0 Å². The van der Waals surface area contributed by atoms with Crippen LogP contribution in [0.4, 0.5) is 11.4 Å². The minimum Gasteiger partial charge on any atom is -0.405 e. The number of allylic oxidation sites excluding steroid dienone is 7. The zero-order valence-electron chi connectivity index (χ0n) is 32.4. The van der Waals surface area contributed by atoms with Gasteiger partial charge >= 0.3 is 0 Å². The molecular weight excluding hydrogens is 693 g/mol. The molecule has 8 aromatic rings. The van der Waals surface area contributed by atoms with Gasteiger partial charge in [-0.15, -0.1) is 0 Å². The van der Waals surface area contributed by atoms with Gasteiger partial charge in [-0.3, -0.25) is 0 Å². The summed E-state index contributed by atoms with van der Waals surface area (Å²) in [5.74, 6) is 0. The average molecular weight is 739 g/mol. The molecule has 6 aromatic carbocycles. The Morgan fingerprint density at radius 1 is 0.719 bits per heavy atom.